The normalized spacial score (nSPS) is 20.4. The molecule has 0 aliphatic carbocycles. The number of rotatable bonds is 2. The molecule has 3 rings (SSSR count). The number of aromatic nitrogens is 3. The molecule has 0 aromatic carbocycles. The lowest BCUT2D eigenvalue weighted by Gasteiger charge is -2.09. The predicted octanol–water partition coefficient (Wildman–Crippen LogP) is 1.84. The van der Waals surface area contributed by atoms with E-state index < -0.39 is 0 Å². The zero-order chi connectivity index (χ0) is 11.0. The maximum absolute atomic E-state index is 4.54. The third kappa shape index (κ3) is 1.55. The summed E-state index contributed by atoms with van der Waals surface area (Å²) < 4.78 is 1.99. The van der Waals surface area contributed by atoms with Crippen molar-refractivity contribution in [1.29, 1.82) is 0 Å². The summed E-state index contributed by atoms with van der Waals surface area (Å²) in [4.78, 5) is 3.19. The van der Waals surface area contributed by atoms with Crippen LogP contribution in [0, 0.1) is 0 Å². The highest BCUT2D eigenvalue weighted by Gasteiger charge is 2.20. The highest BCUT2D eigenvalue weighted by Crippen LogP contribution is 2.26. The van der Waals surface area contributed by atoms with E-state index in [-0.39, 0.29) is 0 Å². The molecule has 84 valence electrons. The van der Waals surface area contributed by atoms with Crippen molar-refractivity contribution in [3.8, 4) is 11.4 Å². The third-order valence-corrected chi connectivity index (χ3v) is 3.21. The van der Waals surface area contributed by atoms with Crippen LogP contribution in [-0.4, -0.2) is 21.3 Å². The Kier molecular flexibility index (Phi) is 2.29. The van der Waals surface area contributed by atoms with Gasteiger partial charge in [0.1, 0.15) is 5.69 Å². The number of aryl methyl sites for hydroxylation is 1. The molecule has 0 bridgehead atoms. The predicted molar refractivity (Wildman–Crippen MR) is 63.0 cm³/mol. The van der Waals surface area contributed by atoms with Gasteiger partial charge in [0.05, 0.1) is 11.4 Å². The molecule has 2 N–H and O–H groups in total. The molecular formula is C12H16N4. The molecule has 1 aliphatic heterocycles. The van der Waals surface area contributed by atoms with Crippen molar-refractivity contribution in [2.75, 3.05) is 6.54 Å². The summed E-state index contributed by atoms with van der Waals surface area (Å²) in [5, 5.41) is 8.04. The first-order valence-electron chi connectivity index (χ1n) is 5.75. The standard InChI is InChI=1S/C12H16N4/c1-16-12(10-5-3-7-14-10)8-11(15-16)9-4-2-6-13-9/h2,4,6,8,10,13-14H,3,5,7H2,1H3. The zero-order valence-electron chi connectivity index (χ0n) is 9.40. The van der Waals surface area contributed by atoms with Gasteiger partial charge in [-0.1, -0.05) is 0 Å². The van der Waals surface area contributed by atoms with Gasteiger partial charge in [-0.25, -0.2) is 0 Å². The highest BCUT2D eigenvalue weighted by molar-refractivity contribution is 5.54. The van der Waals surface area contributed by atoms with Gasteiger partial charge in [0.25, 0.3) is 0 Å². The Morgan fingerprint density at radius 1 is 1.50 bits per heavy atom. The lowest BCUT2D eigenvalue weighted by molar-refractivity contribution is 0.574. The molecule has 0 amide bonds. The van der Waals surface area contributed by atoms with Gasteiger partial charge in [0.2, 0.25) is 0 Å². The van der Waals surface area contributed by atoms with Gasteiger partial charge in [-0.15, -0.1) is 0 Å². The molecule has 0 radical (unpaired) electrons. The van der Waals surface area contributed by atoms with Crippen LogP contribution in [0.15, 0.2) is 24.4 Å². The second kappa shape index (κ2) is 3.79. The summed E-state index contributed by atoms with van der Waals surface area (Å²) >= 11 is 0. The van der Waals surface area contributed by atoms with Gasteiger partial charge in [-0.2, -0.15) is 5.10 Å². The fraction of sp³-hybridized carbons (Fsp3) is 0.417. The molecule has 0 spiro atoms. The van der Waals surface area contributed by atoms with E-state index in [1.807, 2.05) is 30.1 Å². The molecule has 1 unspecified atom stereocenters. The van der Waals surface area contributed by atoms with Crippen molar-refractivity contribution in [1.82, 2.24) is 20.1 Å². The van der Waals surface area contributed by atoms with E-state index in [1.54, 1.807) is 0 Å². The average Bonchev–Trinajstić information content (AvgIpc) is 2.97. The maximum Gasteiger partial charge on any atom is 0.109 e. The third-order valence-electron chi connectivity index (χ3n) is 3.21. The number of H-pyrrole nitrogens is 1. The van der Waals surface area contributed by atoms with E-state index in [1.165, 1.54) is 18.5 Å². The monoisotopic (exact) mass is 216 g/mol. The van der Waals surface area contributed by atoms with Crippen LogP contribution in [0.25, 0.3) is 11.4 Å². The summed E-state index contributed by atoms with van der Waals surface area (Å²) in [5.74, 6) is 0. The van der Waals surface area contributed by atoms with Crippen molar-refractivity contribution in [3.05, 3.63) is 30.1 Å². The Bertz CT molecular complexity index is 463. The van der Waals surface area contributed by atoms with Crippen molar-refractivity contribution >= 4 is 0 Å². The van der Waals surface area contributed by atoms with Crippen LogP contribution in [0.1, 0.15) is 24.6 Å². The topological polar surface area (TPSA) is 45.6 Å². The van der Waals surface area contributed by atoms with Gasteiger partial charge in [0.15, 0.2) is 0 Å². The number of hydrogen-bond acceptors (Lipinski definition) is 2. The smallest absolute Gasteiger partial charge is 0.109 e. The van der Waals surface area contributed by atoms with Gasteiger partial charge in [-0.05, 0) is 37.6 Å². The van der Waals surface area contributed by atoms with Crippen molar-refractivity contribution in [2.24, 2.45) is 7.05 Å². The molecular weight excluding hydrogens is 200 g/mol. The van der Waals surface area contributed by atoms with Gasteiger partial charge < -0.3 is 10.3 Å². The fourth-order valence-corrected chi connectivity index (χ4v) is 2.37. The summed E-state index contributed by atoms with van der Waals surface area (Å²) in [6.07, 6.45) is 4.40. The molecule has 2 aromatic heterocycles. The van der Waals surface area contributed by atoms with Crippen LogP contribution in [0.2, 0.25) is 0 Å². The van der Waals surface area contributed by atoms with Crippen LogP contribution >= 0.6 is 0 Å². The van der Waals surface area contributed by atoms with Crippen molar-refractivity contribution < 1.29 is 0 Å². The average molecular weight is 216 g/mol. The first-order valence-corrected chi connectivity index (χ1v) is 5.75. The van der Waals surface area contributed by atoms with Gasteiger partial charge in [0, 0.05) is 19.3 Å². The molecule has 1 atom stereocenters. The van der Waals surface area contributed by atoms with Crippen LogP contribution in [0.5, 0.6) is 0 Å². The molecule has 2 aromatic rings. The molecule has 1 fully saturated rings. The summed E-state index contributed by atoms with van der Waals surface area (Å²) in [6, 6.07) is 6.70. The van der Waals surface area contributed by atoms with E-state index in [4.69, 9.17) is 0 Å². The molecule has 4 nitrogen and oxygen atoms in total. The molecule has 16 heavy (non-hydrogen) atoms. The molecule has 3 heterocycles. The van der Waals surface area contributed by atoms with E-state index in [9.17, 15) is 0 Å². The van der Waals surface area contributed by atoms with E-state index >= 15 is 0 Å². The zero-order valence-corrected chi connectivity index (χ0v) is 9.40. The number of nitrogens with zero attached hydrogens (tertiary/aromatic N) is 2. The van der Waals surface area contributed by atoms with Gasteiger partial charge in [-0.3, -0.25) is 4.68 Å². The summed E-state index contributed by atoms with van der Waals surface area (Å²) in [6.45, 7) is 1.12. The SMILES string of the molecule is Cn1nc(-c2ccc[nH]2)cc1C1CCCN1. The van der Waals surface area contributed by atoms with Crippen LogP contribution in [0.3, 0.4) is 0 Å². The maximum atomic E-state index is 4.54. The second-order valence-corrected chi connectivity index (χ2v) is 4.31. The Morgan fingerprint density at radius 3 is 3.12 bits per heavy atom. The Morgan fingerprint density at radius 2 is 2.44 bits per heavy atom. The van der Waals surface area contributed by atoms with E-state index in [0.717, 1.165) is 17.9 Å². The fourth-order valence-electron chi connectivity index (χ4n) is 2.37. The Balaban J connectivity index is 1.95. The van der Waals surface area contributed by atoms with Crippen molar-refractivity contribution in [3.63, 3.8) is 0 Å². The first-order chi connectivity index (χ1) is 7.84. The minimum atomic E-state index is 0.473. The number of hydrogen-bond donors (Lipinski definition) is 2. The van der Waals surface area contributed by atoms with Gasteiger partial charge >= 0.3 is 0 Å². The highest BCUT2D eigenvalue weighted by atomic mass is 15.3. The lowest BCUT2D eigenvalue weighted by Crippen LogP contribution is -2.16. The molecule has 4 heteroatoms. The Labute approximate surface area is 94.7 Å². The minimum Gasteiger partial charge on any atom is -0.360 e. The lowest BCUT2D eigenvalue weighted by atomic mass is 10.1. The second-order valence-electron chi connectivity index (χ2n) is 4.31. The molecule has 1 saturated heterocycles. The quantitative estimate of drug-likeness (QED) is 0.804. The van der Waals surface area contributed by atoms with Crippen LogP contribution in [0.4, 0.5) is 0 Å². The minimum absolute atomic E-state index is 0.473. The summed E-state index contributed by atoms with van der Waals surface area (Å²) in [7, 11) is 2.02. The van der Waals surface area contributed by atoms with Crippen LogP contribution < -0.4 is 5.32 Å². The van der Waals surface area contributed by atoms with Crippen LogP contribution in [-0.2, 0) is 7.05 Å². The number of nitrogens with one attached hydrogen (secondary N) is 2. The molecule has 0 saturated carbocycles. The first kappa shape index (κ1) is 9.66. The molecule has 1 aliphatic rings. The van der Waals surface area contributed by atoms with E-state index in [2.05, 4.69) is 21.5 Å². The largest absolute Gasteiger partial charge is 0.360 e. The Hall–Kier alpha value is -1.55. The summed E-state index contributed by atoms with van der Waals surface area (Å²) in [5.41, 5.74) is 3.39. The van der Waals surface area contributed by atoms with E-state index in [0.29, 0.717) is 6.04 Å². The number of aromatic amines is 1. The van der Waals surface area contributed by atoms with Crippen molar-refractivity contribution in [2.45, 2.75) is 18.9 Å².